The lowest BCUT2D eigenvalue weighted by Gasteiger charge is -2.34. The normalized spacial score (nSPS) is 15.3. The number of amides is 1. The van der Waals surface area contributed by atoms with E-state index in [1.54, 1.807) is 25.7 Å². The molecule has 8 nitrogen and oxygen atoms in total. The summed E-state index contributed by atoms with van der Waals surface area (Å²) in [5, 5.41) is 15.0. The van der Waals surface area contributed by atoms with Crippen LogP contribution in [0.15, 0.2) is 16.7 Å². The fourth-order valence-corrected chi connectivity index (χ4v) is 3.75. The van der Waals surface area contributed by atoms with Crippen LogP contribution < -0.4 is 5.32 Å². The fourth-order valence-electron chi connectivity index (χ4n) is 3.26. The molecule has 0 radical (unpaired) electrons. The maximum Gasteiger partial charge on any atom is 0.410 e. The Balaban J connectivity index is 1.85. The van der Waals surface area contributed by atoms with Gasteiger partial charge in [-0.05, 0) is 55.6 Å². The molecule has 1 N–H and O–H groups in total. The Kier molecular flexibility index (Phi) is 6.37. The maximum absolute atomic E-state index is 14.6. The number of aromatic nitrogens is 1. The molecular weight excluding hydrogens is 483 g/mol. The number of carbonyl (C=O) groups excluding carboxylic acids is 1. The van der Waals surface area contributed by atoms with Crippen LogP contribution in [0.3, 0.4) is 0 Å². The molecule has 2 heterocycles. The number of ether oxygens (including phenoxy) is 1. The zero-order chi connectivity index (χ0) is 22.2. The zero-order valence-electron chi connectivity index (χ0n) is 16.7. The van der Waals surface area contributed by atoms with Crippen LogP contribution in [0.5, 0.6) is 0 Å². The third kappa shape index (κ3) is 4.75. The van der Waals surface area contributed by atoms with Gasteiger partial charge in [0.05, 0.1) is 14.4 Å². The summed E-state index contributed by atoms with van der Waals surface area (Å²) in [5.74, 6) is -0.685. The van der Waals surface area contributed by atoms with E-state index in [0.29, 0.717) is 25.9 Å². The minimum Gasteiger partial charge on any atom is -0.444 e. The second-order valence-corrected chi connectivity index (χ2v) is 9.24. The average Bonchev–Trinajstić information content (AvgIpc) is 2.65. The third-order valence-corrected chi connectivity index (χ3v) is 5.97. The molecule has 0 aliphatic carbocycles. The molecule has 0 bridgehead atoms. The molecule has 2 aromatic rings. The van der Waals surface area contributed by atoms with Gasteiger partial charge in [-0.15, -0.1) is 0 Å². The van der Waals surface area contributed by atoms with Gasteiger partial charge in [0.15, 0.2) is 5.82 Å². The van der Waals surface area contributed by atoms with Crippen molar-refractivity contribution in [3.63, 3.8) is 0 Å². The van der Waals surface area contributed by atoms with Crippen molar-refractivity contribution in [2.45, 2.75) is 45.3 Å². The Hall–Kier alpha value is -2.20. The molecule has 0 atom stereocenters. The lowest BCUT2D eigenvalue weighted by Crippen LogP contribution is -2.44. The first kappa shape index (κ1) is 22.5. The molecular formula is C19H21BrClFN4O4. The number of hydrogen-bond acceptors (Lipinski definition) is 6. The Morgan fingerprint density at radius 2 is 2.07 bits per heavy atom. The molecule has 0 saturated carbocycles. The summed E-state index contributed by atoms with van der Waals surface area (Å²) in [7, 11) is 0. The Labute approximate surface area is 186 Å². The average molecular weight is 504 g/mol. The van der Waals surface area contributed by atoms with E-state index in [9.17, 15) is 19.3 Å². The van der Waals surface area contributed by atoms with Gasteiger partial charge in [-0.3, -0.25) is 10.1 Å². The molecule has 1 aromatic carbocycles. The lowest BCUT2D eigenvalue weighted by atomic mass is 10.0. The molecule has 1 amide bonds. The van der Waals surface area contributed by atoms with Gasteiger partial charge in [0.2, 0.25) is 0 Å². The number of halogens is 3. The van der Waals surface area contributed by atoms with Crippen molar-refractivity contribution in [2.24, 2.45) is 0 Å². The second-order valence-electron chi connectivity index (χ2n) is 8.04. The van der Waals surface area contributed by atoms with Crippen LogP contribution in [0.25, 0.3) is 10.9 Å². The molecule has 30 heavy (non-hydrogen) atoms. The number of benzene rings is 1. The van der Waals surface area contributed by atoms with Crippen LogP contribution in [0, 0.1) is 15.9 Å². The van der Waals surface area contributed by atoms with Crippen molar-refractivity contribution in [3.05, 3.63) is 37.7 Å². The Morgan fingerprint density at radius 3 is 2.63 bits per heavy atom. The minimum atomic E-state index is -0.685. The van der Waals surface area contributed by atoms with Gasteiger partial charge in [0.1, 0.15) is 23.0 Å². The number of hydrogen-bond donors (Lipinski definition) is 1. The number of nitro groups is 1. The fraction of sp³-hybridized carbons (Fsp3) is 0.474. The molecule has 1 aromatic heterocycles. The number of nitrogens with zero attached hydrogens (tertiary/aromatic N) is 3. The highest BCUT2D eigenvalue weighted by atomic mass is 79.9. The Bertz CT molecular complexity index is 1010. The number of carbonyl (C=O) groups is 1. The number of anilines is 1. The summed E-state index contributed by atoms with van der Waals surface area (Å²) in [6.45, 7) is 6.27. The highest BCUT2D eigenvalue weighted by Crippen LogP contribution is 2.39. The van der Waals surface area contributed by atoms with Crippen molar-refractivity contribution in [1.29, 1.82) is 0 Å². The first-order valence-corrected chi connectivity index (χ1v) is 10.5. The van der Waals surface area contributed by atoms with E-state index in [2.05, 4.69) is 26.2 Å². The molecule has 0 spiro atoms. The van der Waals surface area contributed by atoms with Gasteiger partial charge in [0.25, 0.3) is 0 Å². The predicted octanol–water partition coefficient (Wildman–Crippen LogP) is 5.51. The molecule has 1 aliphatic rings. The first-order chi connectivity index (χ1) is 14.0. The van der Waals surface area contributed by atoms with Crippen molar-refractivity contribution < 1.29 is 18.8 Å². The van der Waals surface area contributed by atoms with E-state index >= 15 is 0 Å². The highest BCUT2D eigenvalue weighted by molar-refractivity contribution is 9.10. The maximum atomic E-state index is 14.6. The number of pyridine rings is 1. The van der Waals surface area contributed by atoms with Gasteiger partial charge in [-0.2, -0.15) is 0 Å². The SMILES string of the molecule is CC(C)(C)OC(=O)N1CCC(Nc2c([N+](=O)[O-])cnc3c(F)c(Br)c(Cl)cc23)CC1. The summed E-state index contributed by atoms with van der Waals surface area (Å²) < 4.78 is 20.0. The van der Waals surface area contributed by atoms with E-state index in [4.69, 9.17) is 16.3 Å². The lowest BCUT2D eigenvalue weighted by molar-refractivity contribution is -0.384. The summed E-state index contributed by atoms with van der Waals surface area (Å²) in [4.78, 5) is 28.7. The van der Waals surface area contributed by atoms with E-state index in [0.717, 1.165) is 6.20 Å². The van der Waals surface area contributed by atoms with Crippen molar-refractivity contribution in [2.75, 3.05) is 18.4 Å². The number of fused-ring (bicyclic) bond motifs is 1. The molecule has 11 heteroatoms. The van der Waals surface area contributed by atoms with E-state index in [1.807, 2.05) is 0 Å². The van der Waals surface area contributed by atoms with Gasteiger partial charge in [-0.1, -0.05) is 11.6 Å². The van der Waals surface area contributed by atoms with Gasteiger partial charge >= 0.3 is 11.8 Å². The second kappa shape index (κ2) is 8.50. The number of rotatable bonds is 3. The quantitative estimate of drug-likeness (QED) is 0.337. The summed E-state index contributed by atoms with van der Waals surface area (Å²) >= 11 is 9.14. The van der Waals surface area contributed by atoms with Crippen LogP contribution in [0.1, 0.15) is 33.6 Å². The predicted molar refractivity (Wildman–Crippen MR) is 116 cm³/mol. The standard InChI is InChI=1S/C19H21BrClFN4O4/c1-19(2,3)30-18(27)25-6-4-10(5-7-25)24-16-11-8-12(21)14(20)15(22)17(11)23-9-13(16)26(28)29/h8-10H,4-7H2,1-3H3,(H,23,24). The first-order valence-electron chi connectivity index (χ1n) is 9.33. The topological polar surface area (TPSA) is 97.6 Å². The number of piperidine rings is 1. The van der Waals surface area contributed by atoms with Crippen molar-refractivity contribution >= 4 is 55.9 Å². The van der Waals surface area contributed by atoms with Crippen LogP contribution in [-0.4, -0.2) is 45.6 Å². The molecule has 1 fully saturated rings. The van der Waals surface area contributed by atoms with Crippen molar-refractivity contribution in [1.82, 2.24) is 9.88 Å². The molecule has 1 aliphatic heterocycles. The van der Waals surface area contributed by atoms with Crippen LogP contribution in [0.2, 0.25) is 5.02 Å². The zero-order valence-corrected chi connectivity index (χ0v) is 19.0. The molecule has 162 valence electrons. The number of nitrogens with one attached hydrogen (secondary N) is 1. The van der Waals surface area contributed by atoms with Gasteiger partial charge < -0.3 is 15.0 Å². The summed E-state index contributed by atoms with van der Waals surface area (Å²) in [5.41, 5.74) is -0.713. The summed E-state index contributed by atoms with van der Waals surface area (Å²) in [6.07, 6.45) is 1.74. The van der Waals surface area contributed by atoms with Crippen LogP contribution in [-0.2, 0) is 4.74 Å². The summed E-state index contributed by atoms with van der Waals surface area (Å²) in [6, 6.07) is 1.29. The Morgan fingerprint density at radius 1 is 1.43 bits per heavy atom. The minimum absolute atomic E-state index is 0.0226. The molecule has 0 unspecified atom stereocenters. The highest BCUT2D eigenvalue weighted by Gasteiger charge is 2.29. The van der Waals surface area contributed by atoms with Gasteiger partial charge in [-0.25, -0.2) is 14.2 Å². The van der Waals surface area contributed by atoms with Crippen LogP contribution in [0.4, 0.5) is 20.6 Å². The van der Waals surface area contributed by atoms with Gasteiger partial charge in [0, 0.05) is 24.5 Å². The molecule has 1 saturated heterocycles. The van der Waals surface area contributed by atoms with E-state index in [1.165, 1.54) is 6.07 Å². The smallest absolute Gasteiger partial charge is 0.410 e. The van der Waals surface area contributed by atoms with E-state index in [-0.39, 0.29) is 43.9 Å². The monoisotopic (exact) mass is 502 g/mol. The third-order valence-electron chi connectivity index (χ3n) is 4.67. The largest absolute Gasteiger partial charge is 0.444 e. The van der Waals surface area contributed by atoms with Crippen LogP contribution >= 0.6 is 27.5 Å². The van der Waals surface area contributed by atoms with E-state index < -0.39 is 16.3 Å². The number of likely N-dealkylation sites (tertiary alicyclic amines) is 1. The van der Waals surface area contributed by atoms with Crippen molar-refractivity contribution in [3.8, 4) is 0 Å². The molecule has 3 rings (SSSR count).